The highest BCUT2D eigenvalue weighted by Gasteiger charge is 2.38. The van der Waals surface area contributed by atoms with Gasteiger partial charge in [0.25, 0.3) is 5.91 Å². The van der Waals surface area contributed by atoms with E-state index in [0.29, 0.717) is 32.0 Å². The Bertz CT molecular complexity index is 753. The normalized spacial score (nSPS) is 25.5. The number of imidazole rings is 1. The van der Waals surface area contributed by atoms with Crippen molar-refractivity contribution in [1.29, 1.82) is 0 Å². The number of pyridine rings is 1. The van der Waals surface area contributed by atoms with E-state index < -0.39 is 6.10 Å². The smallest absolute Gasteiger partial charge is 0.274 e. The third kappa shape index (κ3) is 2.68. The number of carbonyl (C=O) groups excluding carboxylic acids is 1. The molecule has 0 aliphatic carbocycles. The summed E-state index contributed by atoms with van der Waals surface area (Å²) >= 11 is 0. The number of nitrogens with zero attached hydrogens (tertiary/aromatic N) is 4. The van der Waals surface area contributed by atoms with Crippen LogP contribution >= 0.6 is 0 Å². The molecule has 4 heterocycles. The average molecular weight is 330 g/mol. The lowest BCUT2D eigenvalue weighted by molar-refractivity contribution is -0.00611. The molecule has 24 heavy (non-hydrogen) atoms. The zero-order valence-corrected chi connectivity index (χ0v) is 13.8. The standard InChI is InChI=1S/C17H22N4O3/c1-12-3-2-4-16-18-13(9-21(12)16)17(23)20-10-14(15(22)11-20)19-5-7-24-8-6-19/h2-4,9,14-15,22H,5-8,10-11H2,1H3/t14-,15-/m1/s1. The van der Waals surface area contributed by atoms with Crippen LogP contribution in [-0.2, 0) is 4.74 Å². The van der Waals surface area contributed by atoms with Crippen molar-refractivity contribution in [2.75, 3.05) is 39.4 Å². The second-order valence-corrected chi connectivity index (χ2v) is 6.51. The summed E-state index contributed by atoms with van der Waals surface area (Å²) in [7, 11) is 0. The molecule has 2 aromatic rings. The number of aliphatic hydroxyl groups is 1. The first-order chi connectivity index (χ1) is 11.6. The zero-order chi connectivity index (χ0) is 16.7. The van der Waals surface area contributed by atoms with Crippen molar-refractivity contribution in [2.24, 2.45) is 0 Å². The maximum absolute atomic E-state index is 12.8. The first-order valence-electron chi connectivity index (χ1n) is 8.37. The maximum Gasteiger partial charge on any atom is 0.274 e. The number of rotatable bonds is 2. The monoisotopic (exact) mass is 330 g/mol. The molecular formula is C17H22N4O3. The molecule has 2 aromatic heterocycles. The van der Waals surface area contributed by atoms with Crippen molar-refractivity contribution in [3.63, 3.8) is 0 Å². The van der Waals surface area contributed by atoms with E-state index in [9.17, 15) is 9.90 Å². The molecule has 7 nitrogen and oxygen atoms in total. The van der Waals surface area contributed by atoms with E-state index in [1.807, 2.05) is 29.5 Å². The van der Waals surface area contributed by atoms with E-state index in [2.05, 4.69) is 9.88 Å². The zero-order valence-electron chi connectivity index (χ0n) is 13.8. The summed E-state index contributed by atoms with van der Waals surface area (Å²) < 4.78 is 7.28. The first kappa shape index (κ1) is 15.6. The van der Waals surface area contributed by atoms with Gasteiger partial charge in [0.1, 0.15) is 11.3 Å². The van der Waals surface area contributed by atoms with Crippen LogP contribution in [0.1, 0.15) is 16.2 Å². The molecule has 0 spiro atoms. The Morgan fingerprint density at radius 2 is 2.08 bits per heavy atom. The molecule has 1 amide bonds. The van der Waals surface area contributed by atoms with Gasteiger partial charge in [0, 0.05) is 38.1 Å². The lowest BCUT2D eigenvalue weighted by Gasteiger charge is -2.33. The average Bonchev–Trinajstić information content (AvgIpc) is 3.20. The minimum absolute atomic E-state index is 0.0170. The summed E-state index contributed by atoms with van der Waals surface area (Å²) in [6, 6.07) is 5.78. The molecule has 0 radical (unpaired) electrons. The van der Waals surface area contributed by atoms with E-state index in [-0.39, 0.29) is 11.9 Å². The van der Waals surface area contributed by atoms with E-state index in [1.54, 1.807) is 11.1 Å². The largest absolute Gasteiger partial charge is 0.390 e. The molecule has 4 rings (SSSR count). The highest BCUT2D eigenvalue weighted by molar-refractivity contribution is 5.93. The number of hydrogen-bond donors (Lipinski definition) is 1. The van der Waals surface area contributed by atoms with E-state index in [4.69, 9.17) is 4.74 Å². The van der Waals surface area contributed by atoms with Crippen molar-refractivity contribution >= 4 is 11.6 Å². The lowest BCUT2D eigenvalue weighted by atomic mass is 10.2. The molecule has 0 bridgehead atoms. The van der Waals surface area contributed by atoms with Gasteiger partial charge < -0.3 is 19.1 Å². The number of aryl methyl sites for hydroxylation is 1. The summed E-state index contributed by atoms with van der Waals surface area (Å²) in [6.07, 6.45) is 1.26. The molecule has 2 aliphatic heterocycles. The Balaban J connectivity index is 1.52. The highest BCUT2D eigenvalue weighted by atomic mass is 16.5. The van der Waals surface area contributed by atoms with Crippen LogP contribution in [0.15, 0.2) is 24.4 Å². The van der Waals surface area contributed by atoms with Gasteiger partial charge in [-0.25, -0.2) is 4.98 Å². The van der Waals surface area contributed by atoms with Crippen LogP contribution in [0.2, 0.25) is 0 Å². The van der Waals surface area contributed by atoms with Crippen LogP contribution in [0, 0.1) is 6.92 Å². The molecule has 1 N–H and O–H groups in total. The number of ether oxygens (including phenoxy) is 1. The second kappa shape index (κ2) is 6.16. The number of amides is 1. The predicted octanol–water partition coefficient (Wildman–Crippen LogP) is 0.160. The highest BCUT2D eigenvalue weighted by Crippen LogP contribution is 2.20. The van der Waals surface area contributed by atoms with Crippen molar-refractivity contribution < 1.29 is 14.6 Å². The topological polar surface area (TPSA) is 70.3 Å². The molecular weight excluding hydrogens is 308 g/mol. The molecule has 2 saturated heterocycles. The van der Waals surface area contributed by atoms with Crippen molar-refractivity contribution in [3.8, 4) is 0 Å². The Kier molecular flexibility index (Phi) is 3.99. The number of likely N-dealkylation sites (tertiary alicyclic amines) is 1. The summed E-state index contributed by atoms with van der Waals surface area (Å²) in [5.74, 6) is -0.118. The second-order valence-electron chi connectivity index (χ2n) is 6.51. The maximum atomic E-state index is 12.8. The van der Waals surface area contributed by atoms with Crippen LogP contribution in [0.4, 0.5) is 0 Å². The molecule has 128 valence electrons. The Hall–Kier alpha value is -1.96. The SMILES string of the molecule is Cc1cccc2nc(C(=O)N3C[C@@H](O)[C@H](N4CCOCC4)C3)cn12. The van der Waals surface area contributed by atoms with Crippen LogP contribution in [0.25, 0.3) is 5.65 Å². The van der Waals surface area contributed by atoms with Crippen LogP contribution in [-0.4, -0.2) is 81.7 Å². The number of fused-ring (bicyclic) bond motifs is 1. The Morgan fingerprint density at radius 3 is 2.83 bits per heavy atom. The number of β-amino-alcohol motifs (C(OH)–C–C–N with tert-alkyl or cyclic N) is 1. The van der Waals surface area contributed by atoms with Gasteiger partial charge in [0.05, 0.1) is 25.4 Å². The van der Waals surface area contributed by atoms with Gasteiger partial charge in [-0.3, -0.25) is 9.69 Å². The van der Waals surface area contributed by atoms with Gasteiger partial charge >= 0.3 is 0 Å². The van der Waals surface area contributed by atoms with Gasteiger partial charge in [-0.1, -0.05) is 6.07 Å². The number of morpholine rings is 1. The summed E-state index contributed by atoms with van der Waals surface area (Å²) in [4.78, 5) is 21.2. The van der Waals surface area contributed by atoms with E-state index in [1.165, 1.54) is 0 Å². The molecule has 0 aromatic carbocycles. The number of hydrogen-bond acceptors (Lipinski definition) is 5. The van der Waals surface area contributed by atoms with E-state index >= 15 is 0 Å². The van der Waals surface area contributed by atoms with Crippen molar-refractivity contribution in [1.82, 2.24) is 19.2 Å². The fourth-order valence-corrected chi connectivity index (χ4v) is 3.62. The summed E-state index contributed by atoms with van der Waals surface area (Å²) in [6.45, 7) is 5.85. The first-order valence-corrected chi connectivity index (χ1v) is 8.37. The van der Waals surface area contributed by atoms with Crippen molar-refractivity contribution in [2.45, 2.75) is 19.1 Å². The fraction of sp³-hybridized carbons (Fsp3) is 0.529. The number of aliphatic hydroxyl groups excluding tert-OH is 1. The third-order valence-corrected chi connectivity index (χ3v) is 4.98. The van der Waals surface area contributed by atoms with Gasteiger partial charge in [-0.05, 0) is 19.1 Å². The molecule has 7 heteroatoms. The van der Waals surface area contributed by atoms with Crippen LogP contribution < -0.4 is 0 Å². The fourth-order valence-electron chi connectivity index (χ4n) is 3.62. The predicted molar refractivity (Wildman–Crippen MR) is 88.0 cm³/mol. The van der Waals surface area contributed by atoms with Gasteiger partial charge in [0.2, 0.25) is 0 Å². The Morgan fingerprint density at radius 1 is 1.29 bits per heavy atom. The molecule has 2 atom stereocenters. The number of carbonyl (C=O) groups is 1. The quantitative estimate of drug-likeness (QED) is 0.849. The molecule has 0 saturated carbocycles. The molecule has 2 fully saturated rings. The van der Waals surface area contributed by atoms with Crippen molar-refractivity contribution in [3.05, 3.63) is 35.8 Å². The van der Waals surface area contributed by atoms with Crippen LogP contribution in [0.5, 0.6) is 0 Å². The van der Waals surface area contributed by atoms with Gasteiger partial charge in [-0.15, -0.1) is 0 Å². The molecule has 0 unspecified atom stereocenters. The van der Waals surface area contributed by atoms with Crippen LogP contribution in [0.3, 0.4) is 0 Å². The summed E-state index contributed by atoms with van der Waals surface area (Å²) in [5, 5.41) is 10.4. The minimum atomic E-state index is -0.522. The minimum Gasteiger partial charge on any atom is -0.390 e. The van der Waals surface area contributed by atoms with Gasteiger partial charge in [0.15, 0.2) is 0 Å². The number of aromatic nitrogens is 2. The lowest BCUT2D eigenvalue weighted by Crippen LogP contribution is -2.49. The van der Waals surface area contributed by atoms with Gasteiger partial charge in [-0.2, -0.15) is 0 Å². The third-order valence-electron chi connectivity index (χ3n) is 4.98. The molecule has 2 aliphatic rings. The Labute approximate surface area is 140 Å². The van der Waals surface area contributed by atoms with E-state index in [0.717, 1.165) is 24.4 Å². The summed E-state index contributed by atoms with van der Waals surface area (Å²) in [5.41, 5.74) is 2.23.